The van der Waals surface area contributed by atoms with Crippen LogP contribution in [0.5, 0.6) is 0 Å². The zero-order chi connectivity index (χ0) is 16.9. The zero-order valence-electron chi connectivity index (χ0n) is 14.6. The number of benzene rings is 1. The Balaban J connectivity index is 1.88. The van der Waals surface area contributed by atoms with E-state index in [1.54, 1.807) is 0 Å². The molecule has 0 amide bonds. The number of nitrogens with zero attached hydrogens (tertiary/aromatic N) is 4. The second-order valence-electron chi connectivity index (χ2n) is 6.21. The van der Waals surface area contributed by atoms with E-state index in [-0.39, 0.29) is 0 Å². The first-order chi connectivity index (χ1) is 11.7. The van der Waals surface area contributed by atoms with E-state index in [0.717, 1.165) is 18.7 Å². The topological polar surface area (TPSA) is 34.0 Å². The molecule has 0 saturated carbocycles. The van der Waals surface area contributed by atoms with E-state index in [0.29, 0.717) is 6.04 Å². The van der Waals surface area contributed by atoms with Crippen molar-refractivity contribution in [3.05, 3.63) is 77.9 Å². The van der Waals surface area contributed by atoms with Gasteiger partial charge in [0, 0.05) is 37.4 Å². The van der Waals surface area contributed by atoms with Crippen molar-refractivity contribution in [1.29, 1.82) is 0 Å². The second kappa shape index (κ2) is 7.41. The summed E-state index contributed by atoms with van der Waals surface area (Å²) < 4.78 is 1.94. The van der Waals surface area contributed by atoms with E-state index in [1.807, 2.05) is 41.6 Å². The van der Waals surface area contributed by atoms with Crippen LogP contribution >= 0.6 is 0 Å². The first-order valence-corrected chi connectivity index (χ1v) is 8.38. The van der Waals surface area contributed by atoms with Crippen LogP contribution in [0.1, 0.15) is 36.1 Å². The fourth-order valence-corrected chi connectivity index (χ4v) is 3.23. The predicted octanol–water partition coefficient (Wildman–Crippen LogP) is 4.16. The quantitative estimate of drug-likeness (QED) is 0.684. The molecular formula is C20H24N4. The minimum atomic E-state index is 0.352. The number of aryl methyl sites for hydroxylation is 1. The molecule has 0 fully saturated rings. The third-order valence-corrected chi connectivity index (χ3v) is 4.39. The Morgan fingerprint density at radius 2 is 2.04 bits per heavy atom. The highest BCUT2D eigenvalue weighted by Crippen LogP contribution is 2.26. The lowest BCUT2D eigenvalue weighted by Crippen LogP contribution is -2.24. The van der Waals surface area contributed by atoms with Gasteiger partial charge < -0.3 is 0 Å². The number of aromatic nitrogens is 3. The van der Waals surface area contributed by atoms with Crippen molar-refractivity contribution in [2.45, 2.75) is 32.9 Å². The highest BCUT2D eigenvalue weighted by molar-refractivity contribution is 5.42. The summed E-state index contributed by atoms with van der Waals surface area (Å²) in [7, 11) is 2.18. The van der Waals surface area contributed by atoms with Gasteiger partial charge >= 0.3 is 0 Å². The first-order valence-electron chi connectivity index (χ1n) is 8.38. The molecule has 1 atom stereocenters. The molecule has 1 aromatic carbocycles. The molecule has 0 saturated heterocycles. The summed E-state index contributed by atoms with van der Waals surface area (Å²) in [6.07, 6.45) is 8.65. The van der Waals surface area contributed by atoms with E-state index in [9.17, 15) is 0 Å². The lowest BCUT2D eigenvalue weighted by atomic mass is 10.0. The van der Waals surface area contributed by atoms with Gasteiger partial charge in [-0.05, 0) is 49.7 Å². The van der Waals surface area contributed by atoms with Gasteiger partial charge in [-0.1, -0.05) is 30.7 Å². The molecule has 3 aromatic rings. The summed E-state index contributed by atoms with van der Waals surface area (Å²) in [6, 6.07) is 13.0. The Hall–Kier alpha value is -2.46. The SMILES string of the molecule is CCC(c1cccnc1)N(C)Cc1cc(C)ccc1-n1cccn1. The van der Waals surface area contributed by atoms with E-state index in [2.05, 4.69) is 60.1 Å². The Kier molecular flexibility index (Phi) is 5.06. The molecule has 1 unspecified atom stereocenters. The molecule has 0 radical (unpaired) electrons. The van der Waals surface area contributed by atoms with Gasteiger partial charge in [0.2, 0.25) is 0 Å². The number of hydrogen-bond acceptors (Lipinski definition) is 3. The Morgan fingerprint density at radius 3 is 2.71 bits per heavy atom. The van der Waals surface area contributed by atoms with Gasteiger partial charge in [-0.25, -0.2) is 4.68 Å². The van der Waals surface area contributed by atoms with Gasteiger partial charge in [-0.15, -0.1) is 0 Å². The predicted molar refractivity (Wildman–Crippen MR) is 97.0 cm³/mol. The van der Waals surface area contributed by atoms with Gasteiger partial charge in [-0.2, -0.15) is 5.10 Å². The van der Waals surface area contributed by atoms with Crippen LogP contribution in [0.25, 0.3) is 5.69 Å². The maximum absolute atomic E-state index is 4.40. The molecule has 4 nitrogen and oxygen atoms in total. The minimum Gasteiger partial charge on any atom is -0.295 e. The molecule has 0 aliphatic carbocycles. The molecule has 4 heteroatoms. The average molecular weight is 320 g/mol. The molecule has 2 aromatic heterocycles. The minimum absolute atomic E-state index is 0.352. The molecular weight excluding hydrogens is 296 g/mol. The molecule has 0 bridgehead atoms. The van der Waals surface area contributed by atoms with Crippen molar-refractivity contribution in [2.24, 2.45) is 0 Å². The first kappa shape index (κ1) is 16.4. The van der Waals surface area contributed by atoms with Gasteiger partial charge in [-0.3, -0.25) is 9.88 Å². The zero-order valence-corrected chi connectivity index (χ0v) is 14.6. The summed E-state index contributed by atoms with van der Waals surface area (Å²) in [4.78, 5) is 6.66. The summed E-state index contributed by atoms with van der Waals surface area (Å²) >= 11 is 0. The third-order valence-electron chi connectivity index (χ3n) is 4.39. The summed E-state index contributed by atoms with van der Waals surface area (Å²) in [5, 5.41) is 4.40. The monoisotopic (exact) mass is 320 g/mol. The van der Waals surface area contributed by atoms with Crippen LogP contribution < -0.4 is 0 Å². The molecule has 0 N–H and O–H groups in total. The van der Waals surface area contributed by atoms with Crippen LogP contribution in [0.15, 0.2) is 61.2 Å². The number of rotatable bonds is 6. The Labute approximate surface area is 143 Å². The summed E-state index contributed by atoms with van der Waals surface area (Å²) in [5.41, 5.74) is 4.95. The largest absolute Gasteiger partial charge is 0.295 e. The second-order valence-corrected chi connectivity index (χ2v) is 6.21. The molecule has 2 heterocycles. The lowest BCUT2D eigenvalue weighted by molar-refractivity contribution is 0.229. The van der Waals surface area contributed by atoms with Crippen molar-refractivity contribution in [3.63, 3.8) is 0 Å². The van der Waals surface area contributed by atoms with Crippen LogP contribution in [0.2, 0.25) is 0 Å². The van der Waals surface area contributed by atoms with Crippen LogP contribution in [0.3, 0.4) is 0 Å². The van der Waals surface area contributed by atoms with Gasteiger partial charge in [0.05, 0.1) is 5.69 Å². The summed E-state index contributed by atoms with van der Waals surface area (Å²) in [5.74, 6) is 0. The molecule has 0 aliphatic heterocycles. The molecule has 3 rings (SSSR count). The normalized spacial score (nSPS) is 12.5. The van der Waals surface area contributed by atoms with E-state index in [1.165, 1.54) is 16.7 Å². The van der Waals surface area contributed by atoms with E-state index in [4.69, 9.17) is 0 Å². The average Bonchev–Trinajstić information content (AvgIpc) is 3.11. The van der Waals surface area contributed by atoms with Gasteiger partial charge in [0.15, 0.2) is 0 Å². The van der Waals surface area contributed by atoms with Crippen molar-refractivity contribution in [1.82, 2.24) is 19.7 Å². The molecule has 124 valence electrons. The molecule has 0 spiro atoms. The molecule has 0 aliphatic rings. The number of pyridine rings is 1. The van der Waals surface area contributed by atoms with Crippen molar-refractivity contribution in [2.75, 3.05) is 7.05 Å². The van der Waals surface area contributed by atoms with Crippen molar-refractivity contribution in [3.8, 4) is 5.69 Å². The van der Waals surface area contributed by atoms with Crippen LogP contribution in [0.4, 0.5) is 0 Å². The van der Waals surface area contributed by atoms with Gasteiger partial charge in [0.25, 0.3) is 0 Å². The van der Waals surface area contributed by atoms with Crippen molar-refractivity contribution < 1.29 is 0 Å². The maximum Gasteiger partial charge on any atom is 0.0690 e. The molecule has 24 heavy (non-hydrogen) atoms. The van der Waals surface area contributed by atoms with E-state index < -0.39 is 0 Å². The smallest absolute Gasteiger partial charge is 0.0690 e. The summed E-state index contributed by atoms with van der Waals surface area (Å²) in [6.45, 7) is 5.22. The standard InChI is InChI=1S/C20H24N4/c1-4-19(17-7-5-10-21-14-17)23(3)15-18-13-16(2)8-9-20(18)24-12-6-11-22-24/h5-14,19H,4,15H2,1-3H3. The number of hydrogen-bond donors (Lipinski definition) is 0. The third kappa shape index (κ3) is 3.54. The Bertz CT molecular complexity index is 766. The lowest BCUT2D eigenvalue weighted by Gasteiger charge is -2.28. The highest BCUT2D eigenvalue weighted by Gasteiger charge is 2.17. The fourth-order valence-electron chi connectivity index (χ4n) is 3.23. The van der Waals surface area contributed by atoms with Crippen LogP contribution in [-0.2, 0) is 6.54 Å². The van der Waals surface area contributed by atoms with Gasteiger partial charge in [0.1, 0.15) is 0 Å². The van der Waals surface area contributed by atoms with Crippen LogP contribution in [0, 0.1) is 6.92 Å². The Morgan fingerprint density at radius 1 is 1.17 bits per heavy atom. The van der Waals surface area contributed by atoms with E-state index >= 15 is 0 Å². The highest BCUT2D eigenvalue weighted by atomic mass is 15.3. The maximum atomic E-state index is 4.40. The fraction of sp³-hybridized carbons (Fsp3) is 0.300. The van der Waals surface area contributed by atoms with Crippen molar-refractivity contribution >= 4 is 0 Å². The van der Waals surface area contributed by atoms with Crippen LogP contribution in [-0.4, -0.2) is 26.7 Å².